The van der Waals surface area contributed by atoms with Gasteiger partial charge in [0.2, 0.25) is 0 Å². The Kier molecular flexibility index (Phi) is 4.81. The number of hydrogen-bond donors (Lipinski definition) is 1. The van der Waals surface area contributed by atoms with Crippen LogP contribution in [0.15, 0.2) is 24.3 Å². The van der Waals surface area contributed by atoms with Crippen molar-refractivity contribution in [2.45, 2.75) is 24.7 Å². The molecule has 0 aromatic heterocycles. The fourth-order valence-corrected chi connectivity index (χ4v) is 3.08. The predicted octanol–water partition coefficient (Wildman–Crippen LogP) is 2.55. The number of halogens is 1. The topological polar surface area (TPSA) is 53.0 Å². The molecule has 4 heteroatoms. The zero-order valence-electron chi connectivity index (χ0n) is 11.1. The highest BCUT2D eigenvalue weighted by Gasteiger charge is 2.37. The lowest BCUT2D eigenvalue weighted by Crippen LogP contribution is -2.42. The molecule has 19 heavy (non-hydrogen) atoms. The maximum atomic E-state index is 9.63. The Morgan fingerprint density at radius 1 is 1.32 bits per heavy atom. The van der Waals surface area contributed by atoms with Gasteiger partial charge < -0.3 is 10.6 Å². The van der Waals surface area contributed by atoms with E-state index in [9.17, 15) is 5.26 Å². The standard InChI is InChI=1S/C15H20ClN3/c16-14-5-2-1-4-13(14)15(12-18)6-10-19(11-7-15)9-3-8-17/h1-2,4-5H,3,6-11,17H2. The molecule has 1 saturated heterocycles. The summed E-state index contributed by atoms with van der Waals surface area (Å²) in [4.78, 5) is 2.39. The summed E-state index contributed by atoms with van der Waals surface area (Å²) >= 11 is 6.26. The Bertz CT molecular complexity index is 459. The lowest BCUT2D eigenvalue weighted by atomic mass is 9.74. The smallest absolute Gasteiger partial charge is 0.0861 e. The van der Waals surface area contributed by atoms with Gasteiger partial charge in [0.05, 0.1) is 11.5 Å². The summed E-state index contributed by atoms with van der Waals surface area (Å²) in [5.41, 5.74) is 6.10. The highest BCUT2D eigenvalue weighted by atomic mass is 35.5. The molecule has 1 aromatic rings. The molecular formula is C15H20ClN3. The number of nitrogens with zero attached hydrogens (tertiary/aromatic N) is 2. The number of likely N-dealkylation sites (tertiary alicyclic amines) is 1. The van der Waals surface area contributed by atoms with Crippen LogP contribution in [0.2, 0.25) is 5.02 Å². The molecule has 0 aliphatic carbocycles. The van der Waals surface area contributed by atoms with Gasteiger partial charge in [-0.3, -0.25) is 0 Å². The van der Waals surface area contributed by atoms with Gasteiger partial charge in [-0.25, -0.2) is 0 Å². The van der Waals surface area contributed by atoms with Crippen LogP contribution < -0.4 is 5.73 Å². The Balaban J connectivity index is 2.11. The molecule has 0 unspecified atom stereocenters. The summed E-state index contributed by atoms with van der Waals surface area (Å²) in [5.74, 6) is 0. The van der Waals surface area contributed by atoms with Crippen LogP contribution >= 0.6 is 11.6 Å². The first-order valence-electron chi connectivity index (χ1n) is 6.80. The average Bonchev–Trinajstić information content (AvgIpc) is 2.46. The van der Waals surface area contributed by atoms with E-state index < -0.39 is 5.41 Å². The van der Waals surface area contributed by atoms with Crippen molar-refractivity contribution in [2.75, 3.05) is 26.2 Å². The molecule has 1 fully saturated rings. The molecule has 1 aliphatic heterocycles. The van der Waals surface area contributed by atoms with E-state index in [1.807, 2.05) is 24.3 Å². The second-order valence-corrected chi connectivity index (χ2v) is 5.56. The molecule has 1 aromatic carbocycles. The minimum atomic E-state index is -0.419. The molecule has 0 radical (unpaired) electrons. The highest BCUT2D eigenvalue weighted by molar-refractivity contribution is 6.31. The number of nitriles is 1. The third-order valence-corrected chi connectivity index (χ3v) is 4.32. The normalized spacial score (nSPS) is 19.0. The molecule has 0 amide bonds. The predicted molar refractivity (Wildman–Crippen MR) is 78.1 cm³/mol. The van der Waals surface area contributed by atoms with Crippen LogP contribution in [0.1, 0.15) is 24.8 Å². The SMILES string of the molecule is N#CC1(c2ccccc2Cl)CCN(CCCN)CC1. The second kappa shape index (κ2) is 6.38. The summed E-state index contributed by atoms with van der Waals surface area (Å²) in [5, 5.41) is 10.3. The van der Waals surface area contributed by atoms with Crippen LogP contribution in [-0.4, -0.2) is 31.1 Å². The summed E-state index contributed by atoms with van der Waals surface area (Å²) < 4.78 is 0. The van der Waals surface area contributed by atoms with E-state index >= 15 is 0 Å². The monoisotopic (exact) mass is 277 g/mol. The van der Waals surface area contributed by atoms with Crippen LogP contribution in [0.4, 0.5) is 0 Å². The number of nitrogens with two attached hydrogens (primary N) is 1. The quantitative estimate of drug-likeness (QED) is 0.920. The Morgan fingerprint density at radius 2 is 2.00 bits per heavy atom. The molecule has 0 spiro atoms. The third-order valence-electron chi connectivity index (χ3n) is 3.99. The van der Waals surface area contributed by atoms with E-state index in [4.69, 9.17) is 17.3 Å². The lowest BCUT2D eigenvalue weighted by Gasteiger charge is -2.38. The van der Waals surface area contributed by atoms with Crippen molar-refractivity contribution >= 4 is 11.6 Å². The van der Waals surface area contributed by atoms with E-state index in [0.29, 0.717) is 5.02 Å². The van der Waals surface area contributed by atoms with Crippen LogP contribution in [0.3, 0.4) is 0 Å². The maximum absolute atomic E-state index is 9.63. The lowest BCUT2D eigenvalue weighted by molar-refractivity contribution is 0.185. The molecule has 1 heterocycles. The van der Waals surface area contributed by atoms with Crippen molar-refractivity contribution in [3.63, 3.8) is 0 Å². The average molecular weight is 278 g/mol. The van der Waals surface area contributed by atoms with E-state index in [0.717, 1.165) is 51.0 Å². The molecule has 102 valence electrons. The van der Waals surface area contributed by atoms with Gasteiger partial charge in [-0.1, -0.05) is 29.8 Å². The van der Waals surface area contributed by atoms with Gasteiger partial charge in [0.15, 0.2) is 0 Å². The van der Waals surface area contributed by atoms with Gasteiger partial charge in [-0.2, -0.15) is 5.26 Å². The largest absolute Gasteiger partial charge is 0.330 e. The molecular weight excluding hydrogens is 258 g/mol. The zero-order chi connectivity index (χ0) is 13.7. The van der Waals surface area contributed by atoms with Crippen molar-refractivity contribution in [3.05, 3.63) is 34.9 Å². The molecule has 2 rings (SSSR count). The molecule has 1 aliphatic rings. The number of piperidine rings is 1. The first-order valence-corrected chi connectivity index (χ1v) is 7.18. The van der Waals surface area contributed by atoms with Gasteiger partial charge in [0.1, 0.15) is 0 Å². The first-order chi connectivity index (χ1) is 9.22. The van der Waals surface area contributed by atoms with Crippen LogP contribution in [0, 0.1) is 11.3 Å². The number of rotatable bonds is 4. The molecule has 0 bridgehead atoms. The summed E-state index contributed by atoms with van der Waals surface area (Å²) in [6, 6.07) is 10.2. The number of hydrogen-bond acceptors (Lipinski definition) is 3. The van der Waals surface area contributed by atoms with Gasteiger partial charge >= 0.3 is 0 Å². The summed E-state index contributed by atoms with van der Waals surface area (Å²) in [6.07, 6.45) is 2.71. The Hall–Kier alpha value is -1.08. The zero-order valence-corrected chi connectivity index (χ0v) is 11.9. The second-order valence-electron chi connectivity index (χ2n) is 5.16. The molecule has 3 nitrogen and oxygen atoms in total. The molecule has 0 saturated carbocycles. The summed E-state index contributed by atoms with van der Waals surface area (Å²) in [6.45, 7) is 3.64. The Morgan fingerprint density at radius 3 is 2.58 bits per heavy atom. The van der Waals surface area contributed by atoms with Crippen molar-refractivity contribution in [2.24, 2.45) is 5.73 Å². The summed E-state index contributed by atoms with van der Waals surface area (Å²) in [7, 11) is 0. The third kappa shape index (κ3) is 3.09. The van der Waals surface area contributed by atoms with E-state index in [1.54, 1.807) is 0 Å². The maximum Gasteiger partial charge on any atom is 0.0861 e. The van der Waals surface area contributed by atoms with Crippen molar-refractivity contribution < 1.29 is 0 Å². The van der Waals surface area contributed by atoms with Crippen LogP contribution in [0.25, 0.3) is 0 Å². The van der Waals surface area contributed by atoms with Gasteiger partial charge in [0, 0.05) is 5.02 Å². The first kappa shape index (κ1) is 14.3. The fraction of sp³-hybridized carbons (Fsp3) is 0.533. The molecule has 0 atom stereocenters. The van der Waals surface area contributed by atoms with Crippen molar-refractivity contribution in [3.8, 4) is 6.07 Å². The highest BCUT2D eigenvalue weighted by Crippen LogP contribution is 2.38. The van der Waals surface area contributed by atoms with E-state index in [2.05, 4.69) is 11.0 Å². The van der Waals surface area contributed by atoms with Crippen LogP contribution in [0.5, 0.6) is 0 Å². The fourth-order valence-electron chi connectivity index (χ4n) is 2.76. The van der Waals surface area contributed by atoms with Crippen molar-refractivity contribution in [1.82, 2.24) is 4.90 Å². The van der Waals surface area contributed by atoms with Gasteiger partial charge in [-0.05, 0) is 57.1 Å². The minimum absolute atomic E-state index is 0.419. The van der Waals surface area contributed by atoms with Crippen LogP contribution in [-0.2, 0) is 5.41 Å². The number of benzene rings is 1. The minimum Gasteiger partial charge on any atom is -0.330 e. The van der Waals surface area contributed by atoms with Crippen molar-refractivity contribution in [1.29, 1.82) is 5.26 Å². The van der Waals surface area contributed by atoms with E-state index in [1.165, 1.54) is 0 Å². The van der Waals surface area contributed by atoms with Gasteiger partial charge in [0.25, 0.3) is 0 Å². The Labute approximate surface area is 120 Å². The van der Waals surface area contributed by atoms with E-state index in [-0.39, 0.29) is 0 Å². The molecule has 2 N–H and O–H groups in total. The van der Waals surface area contributed by atoms with Gasteiger partial charge in [-0.15, -0.1) is 0 Å².